The van der Waals surface area contributed by atoms with E-state index in [1.165, 1.54) is 0 Å². The monoisotopic (exact) mass is 323 g/mol. The van der Waals surface area contributed by atoms with E-state index in [1.54, 1.807) is 6.20 Å². The van der Waals surface area contributed by atoms with E-state index in [1.807, 2.05) is 31.5 Å². The number of carboxylic acids is 1. The summed E-state index contributed by atoms with van der Waals surface area (Å²) in [6.07, 6.45) is 4.10. The Labute approximate surface area is 136 Å². The second-order valence-electron chi connectivity index (χ2n) is 6.29. The number of carbonyl (C=O) groups is 2. The Morgan fingerprint density at radius 2 is 2.26 bits per heavy atom. The molecule has 128 valence electrons. The van der Waals surface area contributed by atoms with Crippen LogP contribution in [0.1, 0.15) is 45.5 Å². The highest BCUT2D eigenvalue weighted by atomic mass is 16.5. The summed E-state index contributed by atoms with van der Waals surface area (Å²) < 4.78 is 7.65. The number of amides is 1. The molecule has 3 atom stereocenters. The van der Waals surface area contributed by atoms with Crippen LogP contribution in [0.4, 0.5) is 0 Å². The van der Waals surface area contributed by atoms with Gasteiger partial charge in [-0.25, -0.2) is 9.78 Å². The smallest absolute Gasteiger partial charge is 0.326 e. The Hall–Kier alpha value is -1.89. The fourth-order valence-electron chi connectivity index (χ4n) is 2.93. The van der Waals surface area contributed by atoms with Crippen LogP contribution in [-0.2, 0) is 20.9 Å². The topological polar surface area (TPSA) is 93.5 Å². The van der Waals surface area contributed by atoms with Gasteiger partial charge in [0.05, 0.1) is 5.92 Å². The van der Waals surface area contributed by atoms with Gasteiger partial charge in [-0.15, -0.1) is 0 Å². The van der Waals surface area contributed by atoms with Gasteiger partial charge in [0.25, 0.3) is 0 Å². The van der Waals surface area contributed by atoms with E-state index in [0.29, 0.717) is 19.4 Å². The predicted molar refractivity (Wildman–Crippen MR) is 83.7 cm³/mol. The van der Waals surface area contributed by atoms with Crippen LogP contribution in [0.3, 0.4) is 0 Å². The fourth-order valence-corrected chi connectivity index (χ4v) is 2.93. The maximum Gasteiger partial charge on any atom is 0.326 e. The lowest BCUT2D eigenvalue weighted by molar-refractivity contribution is -0.143. The van der Waals surface area contributed by atoms with Gasteiger partial charge in [-0.1, -0.05) is 13.8 Å². The molecule has 2 rings (SSSR count). The van der Waals surface area contributed by atoms with Crippen LogP contribution < -0.4 is 5.32 Å². The van der Waals surface area contributed by atoms with Gasteiger partial charge in [0.15, 0.2) is 0 Å². The van der Waals surface area contributed by atoms with Crippen LogP contribution in [0.25, 0.3) is 0 Å². The fraction of sp³-hybridized carbons (Fsp3) is 0.688. The van der Waals surface area contributed by atoms with Gasteiger partial charge in [0, 0.05) is 25.5 Å². The quantitative estimate of drug-likeness (QED) is 0.795. The number of nitrogens with one attached hydrogen (secondary N) is 1. The number of hydrogen-bond acceptors (Lipinski definition) is 4. The highest BCUT2D eigenvalue weighted by Crippen LogP contribution is 2.34. The zero-order valence-electron chi connectivity index (χ0n) is 13.9. The molecular weight excluding hydrogens is 298 g/mol. The molecule has 2 N–H and O–H groups in total. The molecule has 7 heteroatoms. The van der Waals surface area contributed by atoms with Crippen molar-refractivity contribution in [3.63, 3.8) is 0 Å². The minimum Gasteiger partial charge on any atom is -0.480 e. The van der Waals surface area contributed by atoms with E-state index in [4.69, 9.17) is 4.74 Å². The van der Waals surface area contributed by atoms with Gasteiger partial charge in [0.1, 0.15) is 18.0 Å². The largest absolute Gasteiger partial charge is 0.480 e. The van der Waals surface area contributed by atoms with E-state index in [0.717, 1.165) is 12.4 Å². The molecule has 0 unspecified atom stereocenters. The maximum absolute atomic E-state index is 12.6. The molecule has 2 heterocycles. The first-order valence-corrected chi connectivity index (χ1v) is 8.09. The second-order valence-corrected chi connectivity index (χ2v) is 6.29. The normalized spacial score (nSPS) is 22.3. The van der Waals surface area contributed by atoms with Crippen LogP contribution in [0, 0.1) is 11.8 Å². The van der Waals surface area contributed by atoms with Gasteiger partial charge in [-0.3, -0.25) is 4.79 Å². The van der Waals surface area contributed by atoms with Crippen molar-refractivity contribution < 1.29 is 19.4 Å². The average Bonchev–Trinajstić information content (AvgIpc) is 3.13. The second kappa shape index (κ2) is 7.59. The summed E-state index contributed by atoms with van der Waals surface area (Å²) in [5, 5.41) is 11.9. The van der Waals surface area contributed by atoms with Crippen molar-refractivity contribution in [2.24, 2.45) is 11.8 Å². The van der Waals surface area contributed by atoms with Crippen LogP contribution in [0.15, 0.2) is 12.4 Å². The van der Waals surface area contributed by atoms with Crippen molar-refractivity contribution in [1.82, 2.24) is 14.9 Å². The molecule has 7 nitrogen and oxygen atoms in total. The first-order chi connectivity index (χ1) is 10.9. The van der Waals surface area contributed by atoms with E-state index in [-0.39, 0.29) is 11.8 Å². The number of aryl methyl sites for hydroxylation is 1. The number of ether oxygens (including phenoxy) is 1. The first kappa shape index (κ1) is 17.5. The molecule has 1 aliphatic heterocycles. The van der Waals surface area contributed by atoms with Crippen LogP contribution in [0.2, 0.25) is 0 Å². The van der Waals surface area contributed by atoms with Gasteiger partial charge >= 0.3 is 5.97 Å². The molecule has 23 heavy (non-hydrogen) atoms. The molecule has 1 fully saturated rings. The first-order valence-electron chi connectivity index (χ1n) is 8.09. The van der Waals surface area contributed by atoms with Crippen molar-refractivity contribution in [2.45, 2.75) is 52.3 Å². The lowest BCUT2D eigenvalue weighted by Gasteiger charge is -2.22. The standard InChI is InChI=1S/C16H25N3O4/c1-4-19-7-6-17-14(19)13-11(5-8-23-13)15(20)18-12(16(21)22)9-10(2)3/h6-7,10-13H,4-5,8-9H2,1-3H3,(H,18,20)(H,21,22)/t11-,12+,13-/m1/s1. The minimum atomic E-state index is -1.00. The number of nitrogens with zero attached hydrogens (tertiary/aromatic N) is 2. The number of rotatable bonds is 7. The summed E-state index contributed by atoms with van der Waals surface area (Å²) in [7, 11) is 0. The third-order valence-corrected chi connectivity index (χ3v) is 4.09. The van der Waals surface area contributed by atoms with Crippen LogP contribution >= 0.6 is 0 Å². The van der Waals surface area contributed by atoms with Crippen LogP contribution in [0.5, 0.6) is 0 Å². The summed E-state index contributed by atoms with van der Waals surface area (Å²) in [4.78, 5) is 28.2. The Bertz CT molecular complexity index is 555. The lowest BCUT2D eigenvalue weighted by Crippen LogP contribution is -2.45. The van der Waals surface area contributed by atoms with Crippen molar-refractivity contribution >= 4 is 11.9 Å². The Balaban J connectivity index is 2.09. The third kappa shape index (κ3) is 4.10. The molecule has 0 spiro atoms. The molecule has 0 aliphatic carbocycles. The van der Waals surface area contributed by atoms with Gasteiger partial charge in [0.2, 0.25) is 5.91 Å². The Morgan fingerprint density at radius 1 is 1.52 bits per heavy atom. The molecule has 1 aromatic heterocycles. The third-order valence-electron chi connectivity index (χ3n) is 4.09. The number of hydrogen-bond donors (Lipinski definition) is 2. The zero-order chi connectivity index (χ0) is 17.0. The molecule has 1 aromatic rings. The predicted octanol–water partition coefficient (Wildman–Crippen LogP) is 1.60. The van der Waals surface area contributed by atoms with Crippen molar-refractivity contribution in [2.75, 3.05) is 6.61 Å². The zero-order valence-corrected chi connectivity index (χ0v) is 13.9. The molecule has 0 radical (unpaired) electrons. The number of imidazole rings is 1. The Morgan fingerprint density at radius 3 is 2.87 bits per heavy atom. The minimum absolute atomic E-state index is 0.186. The van der Waals surface area contributed by atoms with Gasteiger partial charge in [-0.2, -0.15) is 0 Å². The lowest BCUT2D eigenvalue weighted by atomic mass is 9.97. The average molecular weight is 323 g/mol. The highest BCUT2D eigenvalue weighted by molar-refractivity contribution is 5.85. The molecule has 0 saturated carbocycles. The van der Waals surface area contributed by atoms with Crippen molar-refractivity contribution in [3.8, 4) is 0 Å². The maximum atomic E-state index is 12.6. The van der Waals surface area contributed by atoms with Crippen molar-refractivity contribution in [1.29, 1.82) is 0 Å². The van der Waals surface area contributed by atoms with E-state index in [9.17, 15) is 14.7 Å². The SMILES string of the molecule is CCn1ccnc1[C@@H]1OCC[C@H]1C(=O)N[C@@H](CC(C)C)C(=O)O. The number of aromatic nitrogens is 2. The van der Waals surface area contributed by atoms with Crippen LogP contribution in [-0.4, -0.2) is 39.2 Å². The summed E-state index contributed by atoms with van der Waals surface area (Å²) in [6.45, 7) is 7.08. The van der Waals surface area contributed by atoms with Crippen molar-refractivity contribution in [3.05, 3.63) is 18.2 Å². The summed E-state index contributed by atoms with van der Waals surface area (Å²) >= 11 is 0. The van der Waals surface area contributed by atoms with Gasteiger partial charge < -0.3 is 19.7 Å². The summed E-state index contributed by atoms with van der Waals surface area (Å²) in [5.74, 6) is -0.771. The highest BCUT2D eigenvalue weighted by Gasteiger charge is 2.39. The molecular formula is C16H25N3O4. The van der Waals surface area contributed by atoms with Gasteiger partial charge in [-0.05, 0) is 25.7 Å². The molecule has 1 aliphatic rings. The number of carboxylic acid groups (broad SMARTS) is 1. The van der Waals surface area contributed by atoms with E-state index in [2.05, 4.69) is 10.3 Å². The number of carbonyl (C=O) groups excluding carboxylic acids is 1. The molecule has 0 aromatic carbocycles. The molecule has 0 bridgehead atoms. The molecule has 1 amide bonds. The van der Waals surface area contributed by atoms with E-state index < -0.39 is 24.0 Å². The molecule has 1 saturated heterocycles. The van der Waals surface area contributed by atoms with E-state index >= 15 is 0 Å². The summed E-state index contributed by atoms with van der Waals surface area (Å²) in [6, 6.07) is -0.866. The summed E-state index contributed by atoms with van der Waals surface area (Å²) in [5.41, 5.74) is 0. The Kier molecular flexibility index (Phi) is 5.76. The number of aliphatic carboxylic acids is 1.